The number of β-amino-alcohol motifs (C(OH)–C–C–N with tert-alkyl or cyclic N) is 1. The van der Waals surface area contributed by atoms with Gasteiger partial charge >= 0.3 is 0 Å². The molecule has 1 aliphatic rings. The Hall–Kier alpha value is -2.37. The van der Waals surface area contributed by atoms with E-state index in [1.54, 1.807) is 6.07 Å². The lowest BCUT2D eigenvalue weighted by Crippen LogP contribution is -2.43. The molecule has 1 unspecified atom stereocenters. The first kappa shape index (κ1) is 19.4. The number of anilines is 1. The van der Waals surface area contributed by atoms with Crippen molar-refractivity contribution in [2.45, 2.75) is 45.3 Å². The third-order valence-corrected chi connectivity index (χ3v) is 4.88. The number of fused-ring (bicyclic) bond motifs is 1. The lowest BCUT2D eigenvalue weighted by molar-refractivity contribution is -0.118. The quantitative estimate of drug-likeness (QED) is 0.702. The lowest BCUT2D eigenvalue weighted by Gasteiger charge is -2.29. The van der Waals surface area contributed by atoms with Crippen LogP contribution in [0.25, 0.3) is 0 Å². The van der Waals surface area contributed by atoms with Gasteiger partial charge in [0.05, 0.1) is 11.8 Å². The SMILES string of the molecule is CCc1ccc(CC(C)(C)NCC(O)c2cccc3c2OCC(=O)N3)cc1. The van der Waals surface area contributed by atoms with Crippen molar-refractivity contribution in [1.82, 2.24) is 5.32 Å². The van der Waals surface area contributed by atoms with Crippen LogP contribution in [0.15, 0.2) is 42.5 Å². The van der Waals surface area contributed by atoms with E-state index in [0.29, 0.717) is 23.5 Å². The summed E-state index contributed by atoms with van der Waals surface area (Å²) in [5.41, 5.74) is 3.72. The van der Waals surface area contributed by atoms with Crippen LogP contribution in [0, 0.1) is 0 Å². The summed E-state index contributed by atoms with van der Waals surface area (Å²) in [6.07, 6.45) is 1.18. The second-order valence-corrected chi connectivity index (χ2v) is 7.69. The Balaban J connectivity index is 1.63. The minimum Gasteiger partial charge on any atom is -0.481 e. The zero-order valence-corrected chi connectivity index (χ0v) is 16.2. The highest BCUT2D eigenvalue weighted by molar-refractivity contribution is 5.95. The van der Waals surface area contributed by atoms with Gasteiger partial charge in [-0.15, -0.1) is 0 Å². The van der Waals surface area contributed by atoms with Gasteiger partial charge in [-0.2, -0.15) is 0 Å². The van der Waals surface area contributed by atoms with Crippen molar-refractivity contribution in [3.05, 3.63) is 59.2 Å². The Kier molecular flexibility index (Phi) is 5.82. The molecule has 2 aromatic carbocycles. The fraction of sp³-hybridized carbons (Fsp3) is 0.409. The average molecular weight is 368 g/mol. The van der Waals surface area contributed by atoms with Gasteiger partial charge in [0.25, 0.3) is 5.91 Å². The van der Waals surface area contributed by atoms with Crippen LogP contribution < -0.4 is 15.4 Å². The first-order valence-corrected chi connectivity index (χ1v) is 9.44. The van der Waals surface area contributed by atoms with Crippen LogP contribution in [0.2, 0.25) is 0 Å². The maximum Gasteiger partial charge on any atom is 0.262 e. The van der Waals surface area contributed by atoms with Gasteiger partial charge in [-0.3, -0.25) is 4.79 Å². The molecule has 0 fully saturated rings. The number of para-hydroxylation sites is 1. The lowest BCUT2D eigenvalue weighted by atomic mass is 9.93. The maximum atomic E-state index is 11.5. The molecule has 0 bridgehead atoms. The van der Waals surface area contributed by atoms with E-state index in [1.165, 1.54) is 11.1 Å². The number of aryl methyl sites for hydroxylation is 1. The average Bonchev–Trinajstić information content (AvgIpc) is 2.66. The third-order valence-electron chi connectivity index (χ3n) is 4.88. The highest BCUT2D eigenvalue weighted by Gasteiger charge is 2.25. The van der Waals surface area contributed by atoms with E-state index >= 15 is 0 Å². The Bertz CT molecular complexity index is 800. The summed E-state index contributed by atoms with van der Waals surface area (Å²) in [4.78, 5) is 11.5. The van der Waals surface area contributed by atoms with Gasteiger partial charge in [0.2, 0.25) is 0 Å². The monoisotopic (exact) mass is 368 g/mol. The van der Waals surface area contributed by atoms with Crippen LogP contribution in [0.3, 0.4) is 0 Å². The van der Waals surface area contributed by atoms with Crippen LogP contribution in [-0.4, -0.2) is 29.7 Å². The van der Waals surface area contributed by atoms with Crippen LogP contribution in [0.1, 0.15) is 43.6 Å². The van der Waals surface area contributed by atoms with Crippen LogP contribution in [-0.2, 0) is 17.6 Å². The van der Waals surface area contributed by atoms with Gasteiger partial charge in [-0.05, 0) is 43.9 Å². The molecule has 144 valence electrons. The number of rotatable bonds is 7. The fourth-order valence-electron chi connectivity index (χ4n) is 3.35. The summed E-state index contributed by atoms with van der Waals surface area (Å²) >= 11 is 0. The second-order valence-electron chi connectivity index (χ2n) is 7.69. The number of ether oxygens (including phenoxy) is 1. The molecule has 27 heavy (non-hydrogen) atoms. The van der Waals surface area contributed by atoms with Gasteiger partial charge in [-0.1, -0.05) is 43.3 Å². The predicted molar refractivity (Wildman–Crippen MR) is 107 cm³/mol. The smallest absolute Gasteiger partial charge is 0.262 e. The van der Waals surface area contributed by atoms with E-state index in [4.69, 9.17) is 4.74 Å². The number of aliphatic hydroxyl groups is 1. The molecule has 3 N–H and O–H groups in total. The highest BCUT2D eigenvalue weighted by Crippen LogP contribution is 2.35. The molecule has 0 saturated carbocycles. The van der Waals surface area contributed by atoms with Crippen LogP contribution >= 0.6 is 0 Å². The van der Waals surface area contributed by atoms with Crippen LogP contribution in [0.4, 0.5) is 5.69 Å². The number of benzene rings is 2. The van der Waals surface area contributed by atoms with Crippen molar-refractivity contribution in [3.8, 4) is 5.75 Å². The normalized spacial score (nSPS) is 14.9. The molecule has 0 aromatic heterocycles. The van der Waals surface area contributed by atoms with Gasteiger partial charge in [0.1, 0.15) is 5.75 Å². The molecule has 5 heteroatoms. The Morgan fingerprint density at radius 2 is 1.89 bits per heavy atom. The van der Waals surface area contributed by atoms with Crippen molar-refractivity contribution in [1.29, 1.82) is 0 Å². The number of carbonyl (C=O) groups is 1. The molecule has 0 aliphatic carbocycles. The highest BCUT2D eigenvalue weighted by atomic mass is 16.5. The fourth-order valence-corrected chi connectivity index (χ4v) is 3.35. The number of amides is 1. The zero-order valence-electron chi connectivity index (χ0n) is 16.2. The molecule has 5 nitrogen and oxygen atoms in total. The van der Waals surface area contributed by atoms with Crippen molar-refractivity contribution in [2.75, 3.05) is 18.5 Å². The van der Waals surface area contributed by atoms with E-state index in [0.717, 1.165) is 12.8 Å². The molecular weight excluding hydrogens is 340 g/mol. The minimum atomic E-state index is -0.725. The second kappa shape index (κ2) is 8.11. The maximum absolute atomic E-state index is 11.5. The van der Waals surface area contributed by atoms with Crippen molar-refractivity contribution >= 4 is 11.6 Å². The number of aliphatic hydroxyl groups excluding tert-OH is 1. The Labute approximate surface area is 160 Å². The van der Waals surface area contributed by atoms with E-state index in [9.17, 15) is 9.90 Å². The number of carbonyl (C=O) groups excluding carboxylic acids is 1. The summed E-state index contributed by atoms with van der Waals surface area (Å²) in [5, 5.41) is 16.9. The van der Waals surface area contributed by atoms with Gasteiger partial charge in [-0.25, -0.2) is 0 Å². The number of hydrogen-bond acceptors (Lipinski definition) is 4. The van der Waals surface area contributed by atoms with E-state index in [-0.39, 0.29) is 18.1 Å². The van der Waals surface area contributed by atoms with E-state index < -0.39 is 6.10 Å². The van der Waals surface area contributed by atoms with Crippen molar-refractivity contribution in [2.24, 2.45) is 0 Å². The molecule has 2 aromatic rings. The van der Waals surface area contributed by atoms with Crippen LogP contribution in [0.5, 0.6) is 5.75 Å². The topological polar surface area (TPSA) is 70.6 Å². The van der Waals surface area contributed by atoms with E-state index in [1.807, 2.05) is 12.1 Å². The molecule has 1 aliphatic heterocycles. The van der Waals surface area contributed by atoms with Gasteiger partial charge < -0.3 is 20.5 Å². The largest absolute Gasteiger partial charge is 0.481 e. The molecule has 0 saturated heterocycles. The molecule has 0 spiro atoms. The summed E-state index contributed by atoms with van der Waals surface area (Å²) in [6.45, 7) is 6.78. The molecule has 1 atom stereocenters. The Morgan fingerprint density at radius 1 is 1.19 bits per heavy atom. The zero-order chi connectivity index (χ0) is 19.4. The molecule has 1 amide bonds. The minimum absolute atomic E-state index is 0.0244. The summed E-state index contributed by atoms with van der Waals surface area (Å²) < 4.78 is 5.54. The summed E-state index contributed by atoms with van der Waals surface area (Å²) in [6, 6.07) is 14.1. The Morgan fingerprint density at radius 3 is 2.59 bits per heavy atom. The van der Waals surface area contributed by atoms with Crippen molar-refractivity contribution in [3.63, 3.8) is 0 Å². The molecule has 1 heterocycles. The number of nitrogens with one attached hydrogen (secondary N) is 2. The first-order valence-electron chi connectivity index (χ1n) is 9.44. The third kappa shape index (κ3) is 4.87. The standard InChI is InChI=1S/C22H28N2O3/c1-4-15-8-10-16(11-9-15)12-22(2,3)23-13-19(25)17-6-5-7-18-21(17)27-14-20(26)24-18/h5-11,19,23,25H,4,12-14H2,1-3H3,(H,24,26). The van der Waals surface area contributed by atoms with Gasteiger partial charge in [0, 0.05) is 17.6 Å². The molecule has 0 radical (unpaired) electrons. The first-order chi connectivity index (χ1) is 12.9. The van der Waals surface area contributed by atoms with E-state index in [2.05, 4.69) is 55.7 Å². The molecule has 3 rings (SSSR count). The summed E-state index contributed by atoms with van der Waals surface area (Å²) in [5.74, 6) is 0.377. The van der Waals surface area contributed by atoms with Crippen molar-refractivity contribution < 1.29 is 14.6 Å². The van der Waals surface area contributed by atoms with Gasteiger partial charge in [0.15, 0.2) is 6.61 Å². The predicted octanol–water partition coefficient (Wildman–Crippen LogP) is 3.22. The molecular formula is C22H28N2O3. The number of hydrogen-bond donors (Lipinski definition) is 3. The summed E-state index contributed by atoms with van der Waals surface area (Å²) in [7, 11) is 0.